The highest BCUT2D eigenvalue weighted by Crippen LogP contribution is 2.05. The van der Waals surface area contributed by atoms with Crippen LogP contribution in [0.3, 0.4) is 0 Å². The number of hydrogen-bond donors (Lipinski definition) is 0. The third-order valence-electron chi connectivity index (χ3n) is 1.45. The molecule has 1 aromatic heterocycles. The Kier molecular flexibility index (Phi) is 2.91. The summed E-state index contributed by atoms with van der Waals surface area (Å²) in [4.78, 5) is 11.4. The lowest BCUT2D eigenvalue weighted by molar-refractivity contribution is 0.0962. The molecule has 0 saturated heterocycles. The normalized spacial score (nSPS) is 10.2. The summed E-state index contributed by atoms with van der Waals surface area (Å²) < 4.78 is 0. The van der Waals surface area contributed by atoms with Crippen LogP contribution in [0.4, 0.5) is 0 Å². The molecule has 0 bridgehead atoms. The monoisotopic (exact) mass is 164 g/mol. The maximum atomic E-state index is 11.4. The van der Waals surface area contributed by atoms with Gasteiger partial charge in [-0.3, -0.25) is 4.79 Å². The minimum Gasteiger partial charge on any atom is -0.292 e. The minimum absolute atomic E-state index is 0.0677. The molecule has 0 unspecified atom stereocenters. The van der Waals surface area contributed by atoms with Crippen LogP contribution in [0.2, 0.25) is 0 Å². The SMILES string of the molecule is CC(C)CC(=O)c1cccnn1. The molecule has 0 aliphatic heterocycles. The van der Waals surface area contributed by atoms with Crippen LogP contribution in [0.15, 0.2) is 18.3 Å². The van der Waals surface area contributed by atoms with Gasteiger partial charge in [0.15, 0.2) is 5.78 Å². The van der Waals surface area contributed by atoms with E-state index in [1.807, 2.05) is 13.8 Å². The van der Waals surface area contributed by atoms with Crippen molar-refractivity contribution in [3.63, 3.8) is 0 Å². The molecule has 12 heavy (non-hydrogen) atoms. The van der Waals surface area contributed by atoms with Crippen molar-refractivity contribution in [3.8, 4) is 0 Å². The van der Waals surface area contributed by atoms with Gasteiger partial charge >= 0.3 is 0 Å². The highest BCUT2D eigenvalue weighted by Gasteiger charge is 2.08. The fourth-order valence-corrected chi connectivity index (χ4v) is 0.926. The van der Waals surface area contributed by atoms with Gasteiger partial charge in [-0.25, -0.2) is 0 Å². The molecule has 0 radical (unpaired) electrons. The second-order valence-electron chi connectivity index (χ2n) is 3.13. The fraction of sp³-hybridized carbons (Fsp3) is 0.444. The van der Waals surface area contributed by atoms with E-state index in [4.69, 9.17) is 0 Å². The first-order chi connectivity index (χ1) is 5.70. The summed E-state index contributed by atoms with van der Waals surface area (Å²) >= 11 is 0. The number of ketones is 1. The Balaban J connectivity index is 2.66. The van der Waals surface area contributed by atoms with Crippen LogP contribution >= 0.6 is 0 Å². The molecule has 0 saturated carbocycles. The molecule has 64 valence electrons. The molecule has 1 aromatic rings. The van der Waals surface area contributed by atoms with Crippen molar-refractivity contribution in [2.24, 2.45) is 5.92 Å². The number of carbonyl (C=O) groups excluding carboxylic acids is 1. The van der Waals surface area contributed by atoms with Crippen LogP contribution in [-0.2, 0) is 0 Å². The Morgan fingerprint density at radius 3 is 2.83 bits per heavy atom. The summed E-state index contributed by atoms with van der Waals surface area (Å²) in [5, 5.41) is 7.37. The van der Waals surface area contributed by atoms with Crippen LogP contribution in [0, 0.1) is 5.92 Å². The van der Waals surface area contributed by atoms with Crippen molar-refractivity contribution in [2.45, 2.75) is 20.3 Å². The number of Topliss-reactive ketones (excluding diaryl/α,β-unsaturated/α-hetero) is 1. The third kappa shape index (κ3) is 2.42. The molecule has 0 amide bonds. The van der Waals surface area contributed by atoms with E-state index in [2.05, 4.69) is 10.2 Å². The first-order valence-electron chi connectivity index (χ1n) is 4.01. The predicted molar refractivity (Wildman–Crippen MR) is 45.8 cm³/mol. The van der Waals surface area contributed by atoms with E-state index < -0.39 is 0 Å². The van der Waals surface area contributed by atoms with Gasteiger partial charge in [-0.15, -0.1) is 5.10 Å². The standard InChI is InChI=1S/C9H12N2O/c1-7(2)6-9(12)8-4-3-5-10-11-8/h3-5,7H,6H2,1-2H3. The highest BCUT2D eigenvalue weighted by atomic mass is 16.1. The molecule has 0 spiro atoms. The van der Waals surface area contributed by atoms with E-state index in [0.29, 0.717) is 18.0 Å². The van der Waals surface area contributed by atoms with Crippen LogP contribution < -0.4 is 0 Å². The molecule has 0 aromatic carbocycles. The Morgan fingerprint density at radius 1 is 1.58 bits per heavy atom. The van der Waals surface area contributed by atoms with Crippen molar-refractivity contribution in [1.29, 1.82) is 0 Å². The number of aromatic nitrogens is 2. The lowest BCUT2D eigenvalue weighted by Crippen LogP contribution is -2.06. The van der Waals surface area contributed by atoms with E-state index in [0.717, 1.165) is 0 Å². The Labute approximate surface area is 71.8 Å². The second kappa shape index (κ2) is 3.95. The first kappa shape index (κ1) is 8.84. The van der Waals surface area contributed by atoms with E-state index in [-0.39, 0.29) is 5.78 Å². The molecule has 0 atom stereocenters. The van der Waals surface area contributed by atoms with Crippen LogP contribution in [-0.4, -0.2) is 16.0 Å². The van der Waals surface area contributed by atoms with E-state index in [9.17, 15) is 4.79 Å². The molecule has 1 heterocycles. The van der Waals surface area contributed by atoms with Gasteiger partial charge in [0.25, 0.3) is 0 Å². The second-order valence-corrected chi connectivity index (χ2v) is 3.13. The predicted octanol–water partition coefficient (Wildman–Crippen LogP) is 1.71. The molecule has 1 rings (SSSR count). The van der Waals surface area contributed by atoms with Gasteiger partial charge in [0.05, 0.1) is 0 Å². The summed E-state index contributed by atoms with van der Waals surface area (Å²) in [5.41, 5.74) is 0.464. The van der Waals surface area contributed by atoms with E-state index in [1.54, 1.807) is 18.3 Å². The summed E-state index contributed by atoms with van der Waals surface area (Å²) in [5.74, 6) is 0.442. The molecule has 0 aliphatic rings. The van der Waals surface area contributed by atoms with E-state index >= 15 is 0 Å². The quantitative estimate of drug-likeness (QED) is 0.638. The Morgan fingerprint density at radius 2 is 2.33 bits per heavy atom. The summed E-state index contributed by atoms with van der Waals surface area (Å²) in [6.07, 6.45) is 2.10. The van der Waals surface area contributed by atoms with Gasteiger partial charge in [-0.05, 0) is 18.1 Å². The van der Waals surface area contributed by atoms with Gasteiger partial charge < -0.3 is 0 Å². The third-order valence-corrected chi connectivity index (χ3v) is 1.45. The molecular formula is C9H12N2O. The molecule has 0 aliphatic carbocycles. The maximum absolute atomic E-state index is 11.4. The number of hydrogen-bond acceptors (Lipinski definition) is 3. The van der Waals surface area contributed by atoms with Gasteiger partial charge in [0, 0.05) is 12.6 Å². The van der Waals surface area contributed by atoms with Crippen molar-refractivity contribution in [2.75, 3.05) is 0 Å². The van der Waals surface area contributed by atoms with Crippen LogP contribution in [0.25, 0.3) is 0 Å². The summed E-state index contributed by atoms with van der Waals surface area (Å²) in [7, 11) is 0. The van der Waals surface area contributed by atoms with E-state index in [1.165, 1.54) is 0 Å². The summed E-state index contributed by atoms with van der Waals surface area (Å²) in [6.45, 7) is 4.02. The van der Waals surface area contributed by atoms with Crippen LogP contribution in [0.1, 0.15) is 30.8 Å². The zero-order chi connectivity index (χ0) is 8.97. The maximum Gasteiger partial charge on any atom is 0.183 e. The highest BCUT2D eigenvalue weighted by molar-refractivity contribution is 5.94. The van der Waals surface area contributed by atoms with Crippen molar-refractivity contribution >= 4 is 5.78 Å². The lowest BCUT2D eigenvalue weighted by atomic mass is 10.1. The van der Waals surface area contributed by atoms with Gasteiger partial charge in [-0.2, -0.15) is 5.10 Å². The average Bonchev–Trinajstić information content (AvgIpc) is 2.05. The van der Waals surface area contributed by atoms with Crippen molar-refractivity contribution in [1.82, 2.24) is 10.2 Å². The van der Waals surface area contributed by atoms with Crippen LogP contribution in [0.5, 0.6) is 0 Å². The van der Waals surface area contributed by atoms with Crippen molar-refractivity contribution < 1.29 is 4.79 Å². The fourth-order valence-electron chi connectivity index (χ4n) is 0.926. The smallest absolute Gasteiger partial charge is 0.183 e. The summed E-state index contributed by atoms with van der Waals surface area (Å²) in [6, 6.07) is 3.41. The minimum atomic E-state index is 0.0677. The van der Waals surface area contributed by atoms with Crippen molar-refractivity contribution in [3.05, 3.63) is 24.0 Å². The Bertz CT molecular complexity index is 256. The molecule has 3 heteroatoms. The Hall–Kier alpha value is -1.25. The largest absolute Gasteiger partial charge is 0.292 e. The topological polar surface area (TPSA) is 42.9 Å². The molecule has 0 fully saturated rings. The van der Waals surface area contributed by atoms with Gasteiger partial charge in [0.2, 0.25) is 0 Å². The molecule has 3 nitrogen and oxygen atoms in total. The van der Waals surface area contributed by atoms with Gasteiger partial charge in [-0.1, -0.05) is 13.8 Å². The number of rotatable bonds is 3. The molecule has 0 N–H and O–H groups in total. The average molecular weight is 164 g/mol. The zero-order valence-corrected chi connectivity index (χ0v) is 7.32. The number of carbonyl (C=O) groups is 1. The number of nitrogens with zero attached hydrogens (tertiary/aromatic N) is 2. The molecular weight excluding hydrogens is 152 g/mol. The zero-order valence-electron chi connectivity index (χ0n) is 7.32. The first-order valence-corrected chi connectivity index (χ1v) is 4.01. The lowest BCUT2D eigenvalue weighted by Gasteiger charge is -2.01. The van der Waals surface area contributed by atoms with Gasteiger partial charge in [0.1, 0.15) is 5.69 Å².